The van der Waals surface area contributed by atoms with Gasteiger partial charge in [0.25, 0.3) is 0 Å². The van der Waals surface area contributed by atoms with Crippen LogP contribution in [-0.2, 0) is 11.3 Å². The molecule has 0 bridgehead atoms. The van der Waals surface area contributed by atoms with Gasteiger partial charge in [-0.05, 0) is 30.7 Å². The highest BCUT2D eigenvalue weighted by Crippen LogP contribution is 2.20. The van der Waals surface area contributed by atoms with Crippen LogP contribution in [0.5, 0.6) is 0 Å². The van der Waals surface area contributed by atoms with E-state index in [-0.39, 0.29) is 0 Å². The summed E-state index contributed by atoms with van der Waals surface area (Å²) in [6.45, 7) is 2.49. The number of benzene rings is 1. The number of ether oxygens (including phenoxy) is 1. The normalized spacial score (nSPS) is 10.7. The Morgan fingerprint density at radius 1 is 1.44 bits per heavy atom. The van der Waals surface area contributed by atoms with Crippen LogP contribution >= 0.6 is 15.9 Å². The fourth-order valence-electron chi connectivity index (χ4n) is 1.44. The van der Waals surface area contributed by atoms with Crippen LogP contribution in [0.3, 0.4) is 0 Å². The molecule has 5 heteroatoms. The van der Waals surface area contributed by atoms with Crippen LogP contribution in [0.4, 0.5) is 0 Å². The van der Waals surface area contributed by atoms with Gasteiger partial charge in [-0.1, -0.05) is 21.1 Å². The monoisotopic (exact) mass is 281 g/mol. The largest absolute Gasteiger partial charge is 0.380 e. The zero-order chi connectivity index (χ0) is 11.5. The summed E-state index contributed by atoms with van der Waals surface area (Å²) in [6, 6.07) is 6.00. The van der Waals surface area contributed by atoms with E-state index in [9.17, 15) is 0 Å². The summed E-state index contributed by atoms with van der Waals surface area (Å²) >= 11 is 3.48. The van der Waals surface area contributed by atoms with Crippen molar-refractivity contribution in [2.24, 2.45) is 0 Å². The Bertz CT molecular complexity index is 496. The van der Waals surface area contributed by atoms with Crippen molar-refractivity contribution in [1.29, 1.82) is 0 Å². The molecule has 0 atom stereocenters. The highest BCUT2D eigenvalue weighted by Gasteiger charge is 2.04. The third-order valence-electron chi connectivity index (χ3n) is 2.20. The molecule has 0 radical (unpaired) electrons. The summed E-state index contributed by atoms with van der Waals surface area (Å²) in [4.78, 5) is 0. The van der Waals surface area contributed by atoms with Crippen molar-refractivity contribution < 1.29 is 4.74 Å². The van der Waals surface area contributed by atoms with Crippen molar-refractivity contribution in [2.45, 2.75) is 13.5 Å². The molecule has 4 nitrogen and oxygen atoms in total. The first-order valence-corrected chi connectivity index (χ1v) is 5.66. The minimum Gasteiger partial charge on any atom is -0.380 e. The summed E-state index contributed by atoms with van der Waals surface area (Å²) in [5, 5.41) is 7.99. The Morgan fingerprint density at radius 3 is 2.88 bits per heavy atom. The van der Waals surface area contributed by atoms with Crippen LogP contribution in [0.1, 0.15) is 11.3 Å². The van der Waals surface area contributed by atoms with E-state index in [1.807, 2.05) is 31.3 Å². The standard InChI is InChI=1S/C11H12BrN3O/c1-8-6-15(14-13-8)10-3-4-11(12)9(5-10)7-16-2/h3-6H,7H2,1-2H3. The molecule has 0 saturated carbocycles. The van der Waals surface area contributed by atoms with Crippen LogP contribution in [-0.4, -0.2) is 22.1 Å². The third-order valence-corrected chi connectivity index (χ3v) is 2.98. The summed E-state index contributed by atoms with van der Waals surface area (Å²) in [5.74, 6) is 0. The summed E-state index contributed by atoms with van der Waals surface area (Å²) in [5.41, 5.74) is 2.97. The smallest absolute Gasteiger partial charge is 0.0800 e. The number of nitrogens with zero attached hydrogens (tertiary/aromatic N) is 3. The zero-order valence-corrected chi connectivity index (χ0v) is 10.7. The Morgan fingerprint density at radius 2 is 2.25 bits per heavy atom. The molecular formula is C11H12BrN3O. The molecule has 1 heterocycles. The fourth-order valence-corrected chi connectivity index (χ4v) is 1.80. The first kappa shape index (κ1) is 11.3. The van der Waals surface area contributed by atoms with Crippen molar-refractivity contribution in [3.8, 4) is 5.69 Å². The molecule has 1 aromatic carbocycles. The minimum absolute atomic E-state index is 0.572. The second-order valence-electron chi connectivity index (χ2n) is 3.51. The molecule has 16 heavy (non-hydrogen) atoms. The molecule has 0 aliphatic heterocycles. The number of hydrogen-bond acceptors (Lipinski definition) is 3. The summed E-state index contributed by atoms with van der Waals surface area (Å²) < 4.78 is 7.92. The van der Waals surface area contributed by atoms with Crippen molar-refractivity contribution in [3.05, 3.63) is 40.1 Å². The molecule has 0 unspecified atom stereocenters. The number of aromatic nitrogens is 3. The maximum Gasteiger partial charge on any atom is 0.0800 e. The van der Waals surface area contributed by atoms with Crippen molar-refractivity contribution in [1.82, 2.24) is 15.0 Å². The molecule has 1 aromatic heterocycles. The van der Waals surface area contributed by atoms with Crippen LogP contribution in [0.15, 0.2) is 28.9 Å². The lowest BCUT2D eigenvalue weighted by atomic mass is 10.2. The maximum atomic E-state index is 5.13. The van der Waals surface area contributed by atoms with Gasteiger partial charge in [-0.15, -0.1) is 5.10 Å². The van der Waals surface area contributed by atoms with Gasteiger partial charge in [0, 0.05) is 11.6 Å². The molecular weight excluding hydrogens is 270 g/mol. The molecule has 0 fully saturated rings. The third kappa shape index (κ3) is 2.31. The second kappa shape index (κ2) is 4.76. The highest BCUT2D eigenvalue weighted by atomic mass is 79.9. The average Bonchev–Trinajstić information content (AvgIpc) is 2.69. The molecule has 0 amide bonds. The van der Waals surface area contributed by atoms with Gasteiger partial charge in [0.05, 0.1) is 24.2 Å². The Hall–Kier alpha value is -1.20. The molecule has 2 rings (SSSR count). The lowest BCUT2D eigenvalue weighted by Crippen LogP contribution is -1.97. The van der Waals surface area contributed by atoms with E-state index in [4.69, 9.17) is 4.74 Å². The van der Waals surface area contributed by atoms with E-state index in [1.165, 1.54) is 0 Å². The predicted molar refractivity (Wildman–Crippen MR) is 64.5 cm³/mol. The van der Waals surface area contributed by atoms with Gasteiger partial charge in [0.1, 0.15) is 0 Å². The predicted octanol–water partition coefficient (Wildman–Crippen LogP) is 2.48. The first-order valence-electron chi connectivity index (χ1n) is 4.87. The molecule has 84 valence electrons. The van der Waals surface area contributed by atoms with E-state index < -0.39 is 0 Å². The lowest BCUT2D eigenvalue weighted by molar-refractivity contribution is 0.184. The Kier molecular flexibility index (Phi) is 3.36. The SMILES string of the molecule is COCc1cc(-n2cc(C)nn2)ccc1Br. The van der Waals surface area contributed by atoms with E-state index in [0.29, 0.717) is 6.61 Å². The van der Waals surface area contributed by atoms with Gasteiger partial charge in [-0.3, -0.25) is 0 Å². The summed E-state index contributed by atoms with van der Waals surface area (Å²) in [7, 11) is 1.68. The van der Waals surface area contributed by atoms with Gasteiger partial charge >= 0.3 is 0 Å². The lowest BCUT2D eigenvalue weighted by Gasteiger charge is -2.06. The number of hydrogen-bond donors (Lipinski definition) is 0. The molecule has 0 saturated heterocycles. The van der Waals surface area contributed by atoms with Gasteiger partial charge < -0.3 is 4.74 Å². The molecule has 0 aliphatic rings. The highest BCUT2D eigenvalue weighted by molar-refractivity contribution is 9.10. The van der Waals surface area contributed by atoms with Crippen LogP contribution in [0, 0.1) is 6.92 Å². The van der Waals surface area contributed by atoms with Crippen molar-refractivity contribution in [3.63, 3.8) is 0 Å². The number of rotatable bonds is 3. The Labute approximate surface area is 102 Å². The quantitative estimate of drug-likeness (QED) is 0.868. The first-order chi connectivity index (χ1) is 7.70. The number of aryl methyl sites for hydroxylation is 1. The zero-order valence-electron chi connectivity index (χ0n) is 9.14. The van der Waals surface area contributed by atoms with E-state index in [0.717, 1.165) is 21.4 Å². The van der Waals surface area contributed by atoms with E-state index >= 15 is 0 Å². The van der Waals surface area contributed by atoms with Crippen molar-refractivity contribution in [2.75, 3.05) is 7.11 Å². The average molecular weight is 282 g/mol. The maximum absolute atomic E-state index is 5.13. The Balaban J connectivity index is 2.39. The topological polar surface area (TPSA) is 39.9 Å². The van der Waals surface area contributed by atoms with Crippen LogP contribution in [0.2, 0.25) is 0 Å². The summed E-state index contributed by atoms with van der Waals surface area (Å²) in [6.07, 6.45) is 1.89. The molecule has 2 aromatic rings. The van der Waals surface area contributed by atoms with E-state index in [1.54, 1.807) is 11.8 Å². The van der Waals surface area contributed by atoms with Crippen molar-refractivity contribution >= 4 is 15.9 Å². The van der Waals surface area contributed by atoms with Gasteiger partial charge in [-0.2, -0.15) is 0 Å². The molecule has 0 spiro atoms. The van der Waals surface area contributed by atoms with Crippen LogP contribution in [0.25, 0.3) is 5.69 Å². The molecule has 0 N–H and O–H groups in total. The minimum atomic E-state index is 0.572. The van der Waals surface area contributed by atoms with Gasteiger partial charge in [0.2, 0.25) is 0 Å². The van der Waals surface area contributed by atoms with Crippen LogP contribution < -0.4 is 0 Å². The van der Waals surface area contributed by atoms with Gasteiger partial charge in [-0.25, -0.2) is 4.68 Å². The number of methoxy groups -OCH3 is 1. The molecule has 0 aliphatic carbocycles. The van der Waals surface area contributed by atoms with Gasteiger partial charge in [0.15, 0.2) is 0 Å². The van der Waals surface area contributed by atoms with E-state index in [2.05, 4.69) is 26.2 Å². The number of halogens is 1. The fraction of sp³-hybridized carbons (Fsp3) is 0.273. The second-order valence-corrected chi connectivity index (χ2v) is 4.37.